The predicted octanol–water partition coefficient (Wildman–Crippen LogP) is 3.52. The summed E-state index contributed by atoms with van der Waals surface area (Å²) in [6.07, 6.45) is 0. The van der Waals surface area contributed by atoms with Crippen molar-refractivity contribution >= 4 is 11.5 Å². The first-order valence-electron chi connectivity index (χ1n) is 6.14. The molecular weight excluding hydrogens is 277 g/mol. The molecular formula is C15H12FNO4. The number of carbonyl (C=O) groups is 1. The number of carbonyl (C=O) groups excluding carboxylic acids is 1. The largest absolute Gasteiger partial charge is 0.486 e. The molecule has 108 valence electrons. The maximum absolute atomic E-state index is 13.7. The number of halogens is 1. The number of hydrogen-bond acceptors (Lipinski definition) is 4. The fourth-order valence-electron chi connectivity index (χ4n) is 1.76. The van der Waals surface area contributed by atoms with Crippen LogP contribution in [0.25, 0.3) is 0 Å². The Balaban J connectivity index is 2.11. The first kappa shape index (κ1) is 14.6. The van der Waals surface area contributed by atoms with E-state index in [0.29, 0.717) is 5.56 Å². The summed E-state index contributed by atoms with van der Waals surface area (Å²) in [6.45, 7) is 1.34. The van der Waals surface area contributed by atoms with Crippen LogP contribution in [-0.4, -0.2) is 10.7 Å². The number of non-ortho nitro benzene ring substituents is 1. The van der Waals surface area contributed by atoms with E-state index in [2.05, 4.69) is 0 Å². The van der Waals surface area contributed by atoms with Crippen LogP contribution in [0.1, 0.15) is 22.8 Å². The minimum Gasteiger partial charge on any atom is -0.486 e. The smallest absolute Gasteiger partial charge is 0.269 e. The summed E-state index contributed by atoms with van der Waals surface area (Å²) < 4.78 is 19.0. The normalized spacial score (nSPS) is 10.2. The van der Waals surface area contributed by atoms with Gasteiger partial charge in [-0.05, 0) is 30.7 Å². The van der Waals surface area contributed by atoms with Gasteiger partial charge in [0.15, 0.2) is 17.3 Å². The molecule has 2 rings (SSSR count). The molecule has 6 heteroatoms. The van der Waals surface area contributed by atoms with Gasteiger partial charge in [0.2, 0.25) is 0 Å². The molecule has 0 atom stereocenters. The molecule has 0 N–H and O–H groups in total. The molecule has 0 bridgehead atoms. The molecule has 2 aromatic rings. The van der Waals surface area contributed by atoms with Crippen molar-refractivity contribution in [1.29, 1.82) is 0 Å². The van der Waals surface area contributed by atoms with Gasteiger partial charge in [0.05, 0.1) is 4.92 Å². The number of nitrogens with zero attached hydrogens (tertiary/aromatic N) is 1. The quantitative estimate of drug-likeness (QED) is 0.480. The second-order valence-corrected chi connectivity index (χ2v) is 4.42. The van der Waals surface area contributed by atoms with Gasteiger partial charge in [-0.2, -0.15) is 0 Å². The van der Waals surface area contributed by atoms with Crippen molar-refractivity contribution in [2.24, 2.45) is 0 Å². The molecule has 0 aromatic heterocycles. The number of Topliss-reactive ketones (excluding diaryl/α,β-unsaturated/α-hetero) is 1. The first-order chi connectivity index (χ1) is 9.97. The molecule has 0 amide bonds. The summed E-state index contributed by atoms with van der Waals surface area (Å²) in [4.78, 5) is 21.3. The van der Waals surface area contributed by atoms with E-state index in [1.807, 2.05) is 0 Å². The molecule has 0 aliphatic rings. The van der Waals surface area contributed by atoms with Crippen molar-refractivity contribution in [2.75, 3.05) is 0 Å². The first-order valence-corrected chi connectivity index (χ1v) is 6.14. The predicted molar refractivity (Wildman–Crippen MR) is 73.8 cm³/mol. The van der Waals surface area contributed by atoms with Crippen LogP contribution in [0.4, 0.5) is 10.1 Å². The minimum absolute atomic E-state index is 0.00197. The van der Waals surface area contributed by atoms with E-state index < -0.39 is 10.7 Å². The van der Waals surface area contributed by atoms with E-state index in [0.717, 1.165) is 6.07 Å². The summed E-state index contributed by atoms with van der Waals surface area (Å²) in [5, 5.41) is 10.7. The zero-order chi connectivity index (χ0) is 15.4. The van der Waals surface area contributed by atoms with Gasteiger partial charge in [-0.3, -0.25) is 14.9 Å². The number of nitro groups is 1. The summed E-state index contributed by atoms with van der Waals surface area (Å²) in [5.41, 5.74) is 0.762. The third kappa shape index (κ3) is 3.62. The van der Waals surface area contributed by atoms with E-state index in [1.165, 1.54) is 37.3 Å². The molecule has 0 radical (unpaired) electrons. The highest BCUT2D eigenvalue weighted by Gasteiger charge is 2.09. The molecule has 0 saturated heterocycles. The molecule has 2 aromatic carbocycles. The summed E-state index contributed by atoms with van der Waals surface area (Å²) in [5.74, 6) is -0.890. The highest BCUT2D eigenvalue weighted by atomic mass is 19.1. The minimum atomic E-state index is -0.645. The van der Waals surface area contributed by atoms with Crippen molar-refractivity contribution in [1.82, 2.24) is 0 Å². The lowest BCUT2D eigenvalue weighted by Gasteiger charge is -2.08. The van der Waals surface area contributed by atoms with Gasteiger partial charge in [0, 0.05) is 17.7 Å². The zero-order valence-electron chi connectivity index (χ0n) is 11.2. The van der Waals surface area contributed by atoms with Gasteiger partial charge in [0.1, 0.15) is 6.61 Å². The Morgan fingerprint density at radius 2 is 2.05 bits per heavy atom. The maximum Gasteiger partial charge on any atom is 0.269 e. The Labute approximate surface area is 120 Å². The summed E-state index contributed by atoms with van der Waals surface area (Å²) in [7, 11) is 0. The lowest BCUT2D eigenvalue weighted by Crippen LogP contribution is -2.00. The fourth-order valence-corrected chi connectivity index (χ4v) is 1.76. The Bertz CT molecular complexity index is 700. The van der Waals surface area contributed by atoms with Crippen LogP contribution < -0.4 is 4.74 Å². The third-order valence-corrected chi connectivity index (χ3v) is 2.85. The number of benzene rings is 2. The van der Waals surface area contributed by atoms with Crippen LogP contribution in [0.3, 0.4) is 0 Å². The van der Waals surface area contributed by atoms with Crippen molar-refractivity contribution < 1.29 is 18.8 Å². The van der Waals surface area contributed by atoms with Crippen LogP contribution in [0.5, 0.6) is 5.75 Å². The van der Waals surface area contributed by atoms with Crippen LogP contribution >= 0.6 is 0 Å². The number of nitro benzene ring substituents is 1. The Hall–Kier alpha value is -2.76. The number of hydrogen-bond donors (Lipinski definition) is 0. The lowest BCUT2D eigenvalue weighted by molar-refractivity contribution is -0.384. The SMILES string of the molecule is CC(=O)c1ccc(OCc2cccc([N+](=O)[O-])c2)c(F)c1. The molecule has 0 spiro atoms. The van der Waals surface area contributed by atoms with Crippen molar-refractivity contribution in [3.05, 3.63) is 69.5 Å². The van der Waals surface area contributed by atoms with Crippen molar-refractivity contribution in [2.45, 2.75) is 13.5 Å². The highest BCUT2D eigenvalue weighted by molar-refractivity contribution is 5.94. The lowest BCUT2D eigenvalue weighted by atomic mass is 10.1. The number of ketones is 1. The van der Waals surface area contributed by atoms with E-state index in [-0.39, 0.29) is 29.4 Å². The van der Waals surface area contributed by atoms with Crippen LogP contribution in [0.2, 0.25) is 0 Å². The molecule has 0 unspecified atom stereocenters. The Morgan fingerprint density at radius 3 is 2.67 bits per heavy atom. The van der Waals surface area contributed by atoms with Gasteiger partial charge in [-0.1, -0.05) is 12.1 Å². The summed E-state index contributed by atoms with van der Waals surface area (Å²) in [6, 6.07) is 9.84. The van der Waals surface area contributed by atoms with E-state index in [1.54, 1.807) is 6.07 Å². The van der Waals surface area contributed by atoms with E-state index in [4.69, 9.17) is 4.74 Å². The molecule has 0 aliphatic heterocycles. The molecule has 0 heterocycles. The van der Waals surface area contributed by atoms with Crippen molar-refractivity contribution in [3.63, 3.8) is 0 Å². The van der Waals surface area contributed by atoms with Crippen molar-refractivity contribution in [3.8, 4) is 5.75 Å². The third-order valence-electron chi connectivity index (χ3n) is 2.85. The van der Waals surface area contributed by atoms with Gasteiger partial charge >= 0.3 is 0 Å². The maximum atomic E-state index is 13.7. The van der Waals surface area contributed by atoms with E-state index >= 15 is 0 Å². The molecule has 21 heavy (non-hydrogen) atoms. The molecule has 0 fully saturated rings. The van der Waals surface area contributed by atoms with Crippen LogP contribution in [-0.2, 0) is 6.61 Å². The topological polar surface area (TPSA) is 69.4 Å². The second-order valence-electron chi connectivity index (χ2n) is 4.42. The van der Waals surface area contributed by atoms with Gasteiger partial charge in [-0.15, -0.1) is 0 Å². The van der Waals surface area contributed by atoms with Crippen LogP contribution in [0, 0.1) is 15.9 Å². The average molecular weight is 289 g/mol. The molecule has 5 nitrogen and oxygen atoms in total. The average Bonchev–Trinajstić information content (AvgIpc) is 2.46. The monoisotopic (exact) mass is 289 g/mol. The highest BCUT2D eigenvalue weighted by Crippen LogP contribution is 2.21. The van der Waals surface area contributed by atoms with Crippen LogP contribution in [0.15, 0.2) is 42.5 Å². The molecule has 0 aliphatic carbocycles. The zero-order valence-corrected chi connectivity index (χ0v) is 11.2. The molecule has 0 saturated carbocycles. The Morgan fingerprint density at radius 1 is 1.29 bits per heavy atom. The Kier molecular flexibility index (Phi) is 4.27. The van der Waals surface area contributed by atoms with Gasteiger partial charge < -0.3 is 4.74 Å². The number of ether oxygens (including phenoxy) is 1. The second kappa shape index (κ2) is 6.13. The summed E-state index contributed by atoms with van der Waals surface area (Å²) >= 11 is 0. The van der Waals surface area contributed by atoms with Gasteiger partial charge in [0.25, 0.3) is 5.69 Å². The number of rotatable bonds is 5. The van der Waals surface area contributed by atoms with Gasteiger partial charge in [-0.25, -0.2) is 4.39 Å². The van der Waals surface area contributed by atoms with E-state index in [9.17, 15) is 19.3 Å². The fraction of sp³-hybridized carbons (Fsp3) is 0.133. The standard InChI is InChI=1S/C15H12FNO4/c1-10(18)12-5-6-15(14(16)8-12)21-9-11-3-2-4-13(7-11)17(19)20/h2-8H,9H2,1H3.